The molecule has 2 aromatic rings. The molecule has 0 aromatic carbocycles. The van der Waals surface area contributed by atoms with E-state index in [-0.39, 0.29) is 0 Å². The number of hydrogen-bond donors (Lipinski definition) is 1. The number of fused-ring (bicyclic) bond motifs is 1. The Labute approximate surface area is 114 Å². The average molecular weight is 284 g/mol. The molecule has 1 N–H and O–H groups in total. The molecule has 17 heavy (non-hydrogen) atoms. The van der Waals surface area contributed by atoms with Gasteiger partial charge in [0.2, 0.25) is 0 Å². The molecule has 1 aliphatic carbocycles. The van der Waals surface area contributed by atoms with E-state index >= 15 is 0 Å². The van der Waals surface area contributed by atoms with Crippen molar-refractivity contribution in [1.82, 2.24) is 5.32 Å². The van der Waals surface area contributed by atoms with E-state index in [9.17, 15) is 0 Å². The highest BCUT2D eigenvalue weighted by Gasteiger charge is 2.24. The predicted octanol–water partition coefficient (Wildman–Crippen LogP) is 4.28. The number of rotatable bonds is 4. The highest BCUT2D eigenvalue weighted by Crippen LogP contribution is 2.39. The first-order valence-electron chi connectivity index (χ1n) is 5.85. The van der Waals surface area contributed by atoms with Gasteiger partial charge in [-0.25, -0.2) is 0 Å². The van der Waals surface area contributed by atoms with Gasteiger partial charge in [-0.2, -0.15) is 11.3 Å². The maximum Gasteiger partial charge on any atom is 0.0934 e. The van der Waals surface area contributed by atoms with Gasteiger partial charge in [-0.1, -0.05) is 11.6 Å². The van der Waals surface area contributed by atoms with Crippen LogP contribution in [0.4, 0.5) is 0 Å². The van der Waals surface area contributed by atoms with E-state index in [1.54, 1.807) is 22.7 Å². The molecule has 0 saturated heterocycles. The van der Waals surface area contributed by atoms with Crippen LogP contribution in [0, 0.1) is 0 Å². The molecule has 1 nitrogen and oxygen atoms in total. The molecule has 0 aliphatic heterocycles. The van der Waals surface area contributed by atoms with Gasteiger partial charge in [0.1, 0.15) is 0 Å². The van der Waals surface area contributed by atoms with Crippen molar-refractivity contribution in [2.24, 2.45) is 0 Å². The Bertz CT molecular complexity index is 489. The Morgan fingerprint density at radius 3 is 3.24 bits per heavy atom. The summed E-state index contributed by atoms with van der Waals surface area (Å²) >= 11 is 9.56. The summed E-state index contributed by atoms with van der Waals surface area (Å²) in [4.78, 5) is 1.48. The monoisotopic (exact) mass is 283 g/mol. The van der Waals surface area contributed by atoms with Crippen LogP contribution >= 0.6 is 34.3 Å². The molecule has 0 bridgehead atoms. The lowest BCUT2D eigenvalue weighted by Crippen LogP contribution is -2.21. The van der Waals surface area contributed by atoms with Crippen LogP contribution in [0.25, 0.3) is 0 Å². The summed E-state index contributed by atoms with van der Waals surface area (Å²) in [7, 11) is 0. The van der Waals surface area contributed by atoms with Crippen LogP contribution in [-0.4, -0.2) is 6.54 Å². The number of nitrogens with one attached hydrogen (secondary N) is 1. The summed E-state index contributed by atoms with van der Waals surface area (Å²) in [5, 5.41) is 8.01. The van der Waals surface area contributed by atoms with E-state index in [0.717, 1.165) is 17.3 Å². The lowest BCUT2D eigenvalue weighted by atomic mass is 10.1. The van der Waals surface area contributed by atoms with E-state index in [2.05, 4.69) is 28.2 Å². The lowest BCUT2D eigenvalue weighted by Gasteiger charge is -2.12. The SMILES string of the molecule is Clc1cc2c(s1)CCC2NCCc1ccsc1. The first kappa shape index (κ1) is 11.7. The Balaban J connectivity index is 1.56. The lowest BCUT2D eigenvalue weighted by molar-refractivity contribution is 0.534. The highest BCUT2D eigenvalue weighted by atomic mass is 35.5. The molecule has 0 saturated carbocycles. The Morgan fingerprint density at radius 1 is 1.47 bits per heavy atom. The maximum atomic E-state index is 6.05. The molecule has 1 aliphatic rings. The normalized spacial score (nSPS) is 18.5. The van der Waals surface area contributed by atoms with Crippen molar-refractivity contribution in [3.8, 4) is 0 Å². The fraction of sp³-hybridized carbons (Fsp3) is 0.385. The van der Waals surface area contributed by atoms with E-state index in [1.165, 1.54) is 28.8 Å². The second-order valence-electron chi connectivity index (χ2n) is 4.36. The van der Waals surface area contributed by atoms with E-state index in [0.29, 0.717) is 6.04 Å². The number of aryl methyl sites for hydroxylation is 1. The standard InChI is InChI=1S/C13H14ClNS2/c14-13-7-10-11(1-2-12(10)17-13)15-5-3-9-4-6-16-8-9/h4,6-8,11,15H,1-3,5H2. The van der Waals surface area contributed by atoms with Crippen molar-refractivity contribution in [1.29, 1.82) is 0 Å². The molecule has 90 valence electrons. The zero-order valence-corrected chi connectivity index (χ0v) is 11.8. The third-order valence-electron chi connectivity index (χ3n) is 3.23. The molecule has 0 radical (unpaired) electrons. The van der Waals surface area contributed by atoms with Crippen molar-refractivity contribution < 1.29 is 0 Å². The van der Waals surface area contributed by atoms with Crippen LogP contribution in [0.5, 0.6) is 0 Å². The van der Waals surface area contributed by atoms with Crippen molar-refractivity contribution in [2.45, 2.75) is 25.3 Å². The molecule has 3 rings (SSSR count). The van der Waals surface area contributed by atoms with Gasteiger partial charge in [0.15, 0.2) is 0 Å². The molecular weight excluding hydrogens is 270 g/mol. The van der Waals surface area contributed by atoms with Gasteiger partial charge in [-0.15, -0.1) is 11.3 Å². The Morgan fingerprint density at radius 2 is 2.41 bits per heavy atom. The van der Waals surface area contributed by atoms with Gasteiger partial charge in [0.05, 0.1) is 4.34 Å². The zero-order chi connectivity index (χ0) is 11.7. The van der Waals surface area contributed by atoms with Gasteiger partial charge in [0.25, 0.3) is 0 Å². The van der Waals surface area contributed by atoms with Gasteiger partial charge in [-0.05, 0) is 59.8 Å². The van der Waals surface area contributed by atoms with Gasteiger partial charge >= 0.3 is 0 Å². The minimum Gasteiger partial charge on any atom is -0.310 e. The quantitative estimate of drug-likeness (QED) is 0.883. The van der Waals surface area contributed by atoms with Crippen LogP contribution < -0.4 is 5.32 Å². The molecule has 2 heterocycles. The largest absolute Gasteiger partial charge is 0.310 e. The highest BCUT2D eigenvalue weighted by molar-refractivity contribution is 7.16. The summed E-state index contributed by atoms with van der Waals surface area (Å²) in [6.45, 7) is 1.05. The first-order chi connectivity index (χ1) is 8.33. The van der Waals surface area contributed by atoms with Crippen LogP contribution in [0.3, 0.4) is 0 Å². The first-order valence-corrected chi connectivity index (χ1v) is 7.99. The zero-order valence-electron chi connectivity index (χ0n) is 9.41. The number of halogens is 1. The van der Waals surface area contributed by atoms with E-state index < -0.39 is 0 Å². The van der Waals surface area contributed by atoms with Crippen molar-refractivity contribution >= 4 is 34.3 Å². The Hall–Kier alpha value is -0.350. The second kappa shape index (κ2) is 5.11. The molecule has 1 unspecified atom stereocenters. The summed E-state index contributed by atoms with van der Waals surface area (Å²) in [6, 6.07) is 4.86. The second-order valence-corrected chi connectivity index (χ2v) is 6.90. The fourth-order valence-corrected chi connectivity index (χ4v) is 4.43. The summed E-state index contributed by atoms with van der Waals surface area (Å²) in [5.74, 6) is 0. The summed E-state index contributed by atoms with van der Waals surface area (Å²) in [6.07, 6.45) is 3.53. The van der Waals surface area contributed by atoms with Gasteiger partial charge < -0.3 is 5.32 Å². The average Bonchev–Trinajstić information content (AvgIpc) is 2.97. The van der Waals surface area contributed by atoms with Crippen molar-refractivity contribution in [2.75, 3.05) is 6.54 Å². The maximum absolute atomic E-state index is 6.05. The topological polar surface area (TPSA) is 12.0 Å². The van der Waals surface area contributed by atoms with E-state index in [1.807, 2.05) is 0 Å². The van der Waals surface area contributed by atoms with E-state index in [4.69, 9.17) is 11.6 Å². The molecule has 2 aromatic heterocycles. The summed E-state index contributed by atoms with van der Waals surface area (Å²) in [5.41, 5.74) is 2.87. The van der Waals surface area contributed by atoms with Crippen LogP contribution in [0.15, 0.2) is 22.9 Å². The molecule has 4 heteroatoms. The minimum atomic E-state index is 0.521. The van der Waals surface area contributed by atoms with Gasteiger partial charge in [-0.3, -0.25) is 0 Å². The van der Waals surface area contributed by atoms with Gasteiger partial charge in [0, 0.05) is 10.9 Å². The molecule has 0 spiro atoms. The molecule has 0 amide bonds. The Kier molecular flexibility index (Phi) is 3.52. The summed E-state index contributed by atoms with van der Waals surface area (Å²) < 4.78 is 0.930. The van der Waals surface area contributed by atoms with Crippen molar-refractivity contribution in [3.05, 3.63) is 43.2 Å². The molecule has 1 atom stereocenters. The smallest absolute Gasteiger partial charge is 0.0934 e. The van der Waals surface area contributed by atoms with Crippen LogP contribution in [0.2, 0.25) is 4.34 Å². The third kappa shape index (κ3) is 2.58. The van der Waals surface area contributed by atoms with Crippen LogP contribution in [0.1, 0.15) is 28.5 Å². The third-order valence-corrected chi connectivity index (χ3v) is 5.30. The fourth-order valence-electron chi connectivity index (χ4n) is 2.37. The number of thiophene rings is 2. The predicted molar refractivity (Wildman–Crippen MR) is 76.4 cm³/mol. The number of hydrogen-bond acceptors (Lipinski definition) is 3. The molecule has 0 fully saturated rings. The minimum absolute atomic E-state index is 0.521. The van der Waals surface area contributed by atoms with Crippen LogP contribution in [-0.2, 0) is 12.8 Å². The molecular formula is C13H14ClNS2. The van der Waals surface area contributed by atoms with Crippen molar-refractivity contribution in [3.63, 3.8) is 0 Å².